The van der Waals surface area contributed by atoms with Crippen LogP contribution in [-0.4, -0.2) is 71.8 Å². The molecule has 2 aliphatic rings. The number of hydrogen-bond acceptors (Lipinski definition) is 9. The highest BCUT2D eigenvalue weighted by Crippen LogP contribution is 2.47. The Labute approximate surface area is 273 Å². The fourth-order valence-corrected chi connectivity index (χ4v) is 5.55. The third-order valence-electron chi connectivity index (χ3n) is 7.61. The summed E-state index contributed by atoms with van der Waals surface area (Å²) in [4.78, 5) is 29.2. The van der Waals surface area contributed by atoms with E-state index in [9.17, 15) is 14.9 Å². The minimum absolute atomic E-state index is 0.175. The second kappa shape index (κ2) is 12.9. The molecule has 2 aliphatic heterocycles. The number of amides is 2. The summed E-state index contributed by atoms with van der Waals surface area (Å²) in [5.41, 5.74) is 1.52. The molecule has 12 nitrogen and oxygen atoms in total. The molecule has 1 saturated heterocycles. The molecule has 3 aromatic rings. The zero-order valence-electron chi connectivity index (χ0n) is 27.7. The Bertz CT molecular complexity index is 1720. The van der Waals surface area contributed by atoms with E-state index >= 15 is 4.39 Å². The van der Waals surface area contributed by atoms with Crippen molar-refractivity contribution in [2.24, 2.45) is 0 Å². The number of methoxy groups -OCH3 is 1. The molecule has 0 radical (unpaired) electrons. The monoisotopic (exact) mass is 645 g/mol. The van der Waals surface area contributed by atoms with Gasteiger partial charge in [0, 0.05) is 43.5 Å². The largest absolute Gasteiger partial charge is 0.497 e. The van der Waals surface area contributed by atoms with Gasteiger partial charge in [-0.1, -0.05) is 12.1 Å². The third-order valence-corrected chi connectivity index (χ3v) is 7.61. The van der Waals surface area contributed by atoms with Crippen molar-refractivity contribution in [1.29, 1.82) is 5.26 Å². The number of nitrogens with zero attached hydrogens (tertiary/aromatic N) is 4. The van der Waals surface area contributed by atoms with Gasteiger partial charge in [0.15, 0.2) is 5.82 Å². The van der Waals surface area contributed by atoms with E-state index in [4.69, 9.17) is 14.2 Å². The van der Waals surface area contributed by atoms with Crippen LogP contribution in [0.3, 0.4) is 0 Å². The first-order valence-electron chi connectivity index (χ1n) is 15.3. The SMILES string of the molecule is COc1ccc(C2=C(C#N)C(c3ccc(N4CCN(C(=O)OC(C)(C)C)CC4)cc3)c3c(NC(=O)OC(C)(C)C)n[nH]c3N2)c(F)c1. The van der Waals surface area contributed by atoms with Gasteiger partial charge in [0.1, 0.15) is 28.6 Å². The number of carbonyl (C=O) groups excluding carboxylic acids is 2. The second-order valence-corrected chi connectivity index (χ2v) is 13.3. The summed E-state index contributed by atoms with van der Waals surface area (Å²) in [5, 5.41) is 23.6. The number of hydrogen-bond donors (Lipinski definition) is 3. The number of nitriles is 1. The van der Waals surface area contributed by atoms with E-state index in [1.54, 1.807) is 37.8 Å². The molecule has 248 valence electrons. The number of rotatable bonds is 5. The lowest BCUT2D eigenvalue weighted by molar-refractivity contribution is 0.0240. The van der Waals surface area contributed by atoms with Gasteiger partial charge < -0.3 is 29.3 Å². The van der Waals surface area contributed by atoms with Crippen molar-refractivity contribution in [3.63, 3.8) is 0 Å². The number of allylic oxidation sites excluding steroid dienone is 1. The molecule has 13 heteroatoms. The van der Waals surface area contributed by atoms with Gasteiger partial charge in [-0.2, -0.15) is 10.4 Å². The van der Waals surface area contributed by atoms with Gasteiger partial charge in [0.05, 0.1) is 35.9 Å². The molecule has 1 unspecified atom stereocenters. The summed E-state index contributed by atoms with van der Waals surface area (Å²) >= 11 is 0. The maximum absolute atomic E-state index is 15.4. The lowest BCUT2D eigenvalue weighted by atomic mass is 9.81. The van der Waals surface area contributed by atoms with Gasteiger partial charge in [0.25, 0.3) is 0 Å². The number of aromatic nitrogens is 2. The summed E-state index contributed by atoms with van der Waals surface area (Å²) in [5.74, 6) is -0.390. The van der Waals surface area contributed by atoms with E-state index < -0.39 is 29.0 Å². The molecule has 0 spiro atoms. The van der Waals surface area contributed by atoms with Crippen LogP contribution in [0.2, 0.25) is 0 Å². The molecular formula is C34H40FN7O5. The fraction of sp³-hybridized carbons (Fsp3) is 0.412. The first-order chi connectivity index (χ1) is 22.2. The maximum atomic E-state index is 15.4. The molecule has 47 heavy (non-hydrogen) atoms. The van der Waals surface area contributed by atoms with E-state index in [0.29, 0.717) is 43.3 Å². The molecule has 1 fully saturated rings. The molecule has 2 aromatic carbocycles. The van der Waals surface area contributed by atoms with E-state index in [2.05, 4.69) is 31.8 Å². The van der Waals surface area contributed by atoms with Crippen LogP contribution in [-0.2, 0) is 9.47 Å². The Morgan fingerprint density at radius 1 is 1.00 bits per heavy atom. The highest BCUT2D eigenvalue weighted by molar-refractivity contribution is 5.92. The van der Waals surface area contributed by atoms with Crippen molar-refractivity contribution in [3.8, 4) is 11.8 Å². The number of fused-ring (bicyclic) bond motifs is 1. The fourth-order valence-electron chi connectivity index (χ4n) is 5.55. The van der Waals surface area contributed by atoms with E-state index in [-0.39, 0.29) is 28.7 Å². The van der Waals surface area contributed by atoms with Crippen molar-refractivity contribution in [3.05, 3.63) is 70.5 Å². The second-order valence-electron chi connectivity index (χ2n) is 13.3. The summed E-state index contributed by atoms with van der Waals surface area (Å²) in [6.07, 6.45) is -1.04. The van der Waals surface area contributed by atoms with Crippen LogP contribution in [0.5, 0.6) is 5.75 Å². The summed E-state index contributed by atoms with van der Waals surface area (Å²) in [6.45, 7) is 13.1. The number of piperazine rings is 1. The van der Waals surface area contributed by atoms with Gasteiger partial charge in [-0.25, -0.2) is 14.0 Å². The van der Waals surface area contributed by atoms with Crippen LogP contribution < -0.4 is 20.3 Å². The minimum atomic E-state index is -0.747. The summed E-state index contributed by atoms with van der Waals surface area (Å²) in [7, 11) is 1.45. The maximum Gasteiger partial charge on any atom is 0.413 e. The molecular weight excluding hydrogens is 605 g/mol. The molecule has 2 amide bonds. The van der Waals surface area contributed by atoms with Crippen molar-refractivity contribution in [1.82, 2.24) is 15.1 Å². The van der Waals surface area contributed by atoms with E-state index in [0.717, 1.165) is 11.3 Å². The average Bonchev–Trinajstić information content (AvgIpc) is 3.40. The number of nitrogens with one attached hydrogen (secondary N) is 3. The minimum Gasteiger partial charge on any atom is -0.497 e. The predicted molar refractivity (Wildman–Crippen MR) is 176 cm³/mol. The smallest absolute Gasteiger partial charge is 0.413 e. The van der Waals surface area contributed by atoms with Crippen LogP contribution in [0.15, 0.2) is 48.0 Å². The molecule has 5 rings (SSSR count). The van der Waals surface area contributed by atoms with Gasteiger partial charge in [0.2, 0.25) is 0 Å². The molecule has 3 N–H and O–H groups in total. The Kier molecular flexibility index (Phi) is 9.07. The van der Waals surface area contributed by atoms with Crippen molar-refractivity contribution < 1.29 is 28.2 Å². The van der Waals surface area contributed by atoms with Crippen LogP contribution in [0.25, 0.3) is 5.70 Å². The Hall–Kier alpha value is -5.25. The van der Waals surface area contributed by atoms with E-state index in [1.807, 2.05) is 45.0 Å². The van der Waals surface area contributed by atoms with Gasteiger partial charge >= 0.3 is 12.2 Å². The molecule has 0 saturated carbocycles. The quantitative estimate of drug-likeness (QED) is 0.285. The highest BCUT2D eigenvalue weighted by atomic mass is 19.1. The summed E-state index contributed by atoms with van der Waals surface area (Å²) in [6, 6.07) is 14.4. The lowest BCUT2D eigenvalue weighted by Crippen LogP contribution is -2.50. The topological polar surface area (TPSA) is 145 Å². The highest BCUT2D eigenvalue weighted by Gasteiger charge is 2.36. The van der Waals surface area contributed by atoms with E-state index in [1.165, 1.54) is 13.2 Å². The van der Waals surface area contributed by atoms with Gasteiger partial charge in [-0.15, -0.1) is 0 Å². The Morgan fingerprint density at radius 2 is 1.66 bits per heavy atom. The third kappa shape index (κ3) is 7.43. The van der Waals surface area contributed by atoms with Crippen LogP contribution in [0.1, 0.15) is 64.2 Å². The number of carbonyl (C=O) groups is 2. The first kappa shape index (κ1) is 33.1. The number of H-pyrrole nitrogens is 1. The zero-order chi connectivity index (χ0) is 34.1. The number of anilines is 3. The van der Waals surface area contributed by atoms with Crippen molar-refractivity contribution in [2.45, 2.75) is 58.7 Å². The molecule has 3 heterocycles. The normalized spacial score (nSPS) is 16.5. The number of benzene rings is 2. The standard InChI is InChI=1S/C34H40FN7O5/c1-33(2,3)46-31(43)38-30-27-26(24(19-36)28(37-29(27)39-40-30)23-13-12-22(45-7)18-25(23)35)20-8-10-21(11-9-20)41-14-16-42(17-15-41)32(44)47-34(4,5)6/h8-13,18,26H,14-17H2,1-7H3,(H3,37,38,39,40,43). The Morgan fingerprint density at radius 3 is 2.23 bits per heavy atom. The number of ether oxygens (including phenoxy) is 3. The average molecular weight is 646 g/mol. The predicted octanol–water partition coefficient (Wildman–Crippen LogP) is 6.45. The van der Waals surface area contributed by atoms with Crippen LogP contribution >= 0.6 is 0 Å². The molecule has 1 atom stereocenters. The van der Waals surface area contributed by atoms with Crippen LogP contribution in [0, 0.1) is 17.1 Å². The molecule has 0 aliphatic carbocycles. The van der Waals surface area contributed by atoms with Crippen LogP contribution in [0.4, 0.5) is 31.3 Å². The lowest BCUT2D eigenvalue weighted by Gasteiger charge is -2.37. The zero-order valence-corrected chi connectivity index (χ0v) is 27.7. The number of halogens is 1. The van der Waals surface area contributed by atoms with Gasteiger partial charge in [-0.05, 0) is 71.4 Å². The van der Waals surface area contributed by atoms with Crippen molar-refractivity contribution >= 4 is 35.2 Å². The molecule has 0 bridgehead atoms. The first-order valence-corrected chi connectivity index (χ1v) is 15.3. The molecule has 1 aromatic heterocycles. The van der Waals surface area contributed by atoms with Gasteiger partial charge in [-0.3, -0.25) is 10.4 Å². The van der Waals surface area contributed by atoms with Crippen molar-refractivity contribution in [2.75, 3.05) is 48.8 Å². The summed E-state index contributed by atoms with van der Waals surface area (Å²) < 4.78 is 31.5. The number of aromatic amines is 1. The Balaban J connectivity index is 1.48.